The van der Waals surface area contributed by atoms with Crippen LogP contribution in [0.5, 0.6) is 11.5 Å². The average molecular weight is 397 g/mol. The molecule has 2 aliphatic rings. The summed E-state index contributed by atoms with van der Waals surface area (Å²) in [4.78, 5) is 5.02. The molecular weight excluding hydrogens is 368 g/mol. The number of phenols is 1. The van der Waals surface area contributed by atoms with Gasteiger partial charge in [-0.1, -0.05) is 36.0 Å². The van der Waals surface area contributed by atoms with Gasteiger partial charge in [0.25, 0.3) is 0 Å². The Hall–Kier alpha value is -2.14. The first-order valence-corrected chi connectivity index (χ1v) is 10.9. The molecule has 2 heterocycles. The molecule has 148 valence electrons. The molecule has 0 saturated carbocycles. The van der Waals surface area contributed by atoms with E-state index in [0.29, 0.717) is 0 Å². The second kappa shape index (κ2) is 6.73. The number of rotatable bonds is 1. The number of fused-ring (bicyclic) bond motifs is 1. The van der Waals surface area contributed by atoms with Crippen LogP contribution < -0.4 is 10.1 Å². The monoisotopic (exact) mass is 396 g/mol. The second-order valence-corrected chi connectivity index (χ2v) is 9.44. The molecule has 0 amide bonds. The molecule has 28 heavy (non-hydrogen) atoms. The van der Waals surface area contributed by atoms with E-state index in [1.54, 1.807) is 17.8 Å². The Morgan fingerprint density at radius 2 is 1.93 bits per heavy atom. The van der Waals surface area contributed by atoms with E-state index < -0.39 is 5.72 Å². The number of aryl methyl sites for hydroxylation is 2. The van der Waals surface area contributed by atoms with Crippen molar-refractivity contribution in [1.29, 1.82) is 0 Å². The van der Waals surface area contributed by atoms with E-state index in [0.717, 1.165) is 34.9 Å². The third-order valence-corrected chi connectivity index (χ3v) is 6.31. The van der Waals surface area contributed by atoms with E-state index in [1.807, 2.05) is 19.2 Å². The summed E-state index contributed by atoms with van der Waals surface area (Å²) >= 11 is 1.61. The number of thioether (sulfide) groups is 1. The average Bonchev–Trinajstić information content (AvgIpc) is 2.59. The minimum atomic E-state index is -0.646. The first kappa shape index (κ1) is 19.2. The highest BCUT2D eigenvalue weighted by Gasteiger charge is 2.48. The Bertz CT molecular complexity index is 954. The molecule has 0 saturated heterocycles. The predicted molar refractivity (Wildman–Crippen MR) is 117 cm³/mol. The lowest BCUT2D eigenvalue weighted by molar-refractivity contribution is 0.0131. The fourth-order valence-electron chi connectivity index (χ4n) is 4.74. The van der Waals surface area contributed by atoms with Gasteiger partial charge in [0, 0.05) is 35.9 Å². The molecule has 0 aliphatic carbocycles. The molecule has 0 aromatic heterocycles. The van der Waals surface area contributed by atoms with Crippen molar-refractivity contribution < 1.29 is 9.84 Å². The van der Waals surface area contributed by atoms with Gasteiger partial charge in [0.1, 0.15) is 11.5 Å². The van der Waals surface area contributed by atoms with E-state index >= 15 is 0 Å². The van der Waals surface area contributed by atoms with Crippen molar-refractivity contribution in [1.82, 2.24) is 5.32 Å². The molecule has 2 aliphatic heterocycles. The van der Waals surface area contributed by atoms with E-state index in [1.165, 1.54) is 11.1 Å². The van der Waals surface area contributed by atoms with Gasteiger partial charge in [-0.15, -0.1) is 0 Å². The summed E-state index contributed by atoms with van der Waals surface area (Å²) < 4.78 is 6.58. The minimum Gasteiger partial charge on any atom is -0.508 e. The lowest BCUT2D eigenvalue weighted by atomic mass is 9.75. The van der Waals surface area contributed by atoms with Gasteiger partial charge in [-0.2, -0.15) is 0 Å². The van der Waals surface area contributed by atoms with Gasteiger partial charge in [-0.3, -0.25) is 0 Å². The molecule has 2 atom stereocenters. The van der Waals surface area contributed by atoms with Gasteiger partial charge < -0.3 is 15.2 Å². The summed E-state index contributed by atoms with van der Waals surface area (Å²) in [5, 5.41) is 14.6. The van der Waals surface area contributed by atoms with Crippen molar-refractivity contribution in [2.24, 2.45) is 4.99 Å². The highest BCUT2D eigenvalue weighted by Crippen LogP contribution is 2.51. The molecule has 2 N–H and O–H groups in total. The zero-order valence-corrected chi connectivity index (χ0v) is 18.0. The Morgan fingerprint density at radius 1 is 1.18 bits per heavy atom. The van der Waals surface area contributed by atoms with Crippen LogP contribution in [0, 0.1) is 13.8 Å². The van der Waals surface area contributed by atoms with Crippen molar-refractivity contribution in [2.75, 3.05) is 6.26 Å². The van der Waals surface area contributed by atoms with Crippen LogP contribution in [0.3, 0.4) is 0 Å². The molecule has 0 fully saturated rings. The predicted octanol–water partition coefficient (Wildman–Crippen LogP) is 5.11. The number of phenolic OH excluding ortho intramolecular Hbond substituents is 1. The van der Waals surface area contributed by atoms with Crippen LogP contribution >= 0.6 is 11.8 Å². The lowest BCUT2D eigenvalue weighted by Crippen LogP contribution is -2.57. The smallest absolute Gasteiger partial charge is 0.206 e. The van der Waals surface area contributed by atoms with E-state index in [9.17, 15) is 5.11 Å². The summed E-state index contributed by atoms with van der Waals surface area (Å²) in [6.45, 7) is 8.59. The third kappa shape index (κ3) is 3.37. The van der Waals surface area contributed by atoms with Crippen LogP contribution in [0.25, 0.3) is 0 Å². The largest absolute Gasteiger partial charge is 0.508 e. The van der Waals surface area contributed by atoms with Crippen LogP contribution in [-0.2, 0) is 0 Å². The summed E-state index contributed by atoms with van der Waals surface area (Å²) in [5.74, 6) is 1.16. The Labute approximate surface area is 171 Å². The molecule has 1 spiro atoms. The van der Waals surface area contributed by atoms with Crippen molar-refractivity contribution >= 4 is 16.9 Å². The van der Waals surface area contributed by atoms with Gasteiger partial charge in [-0.05, 0) is 56.7 Å². The number of aromatic hydroxyl groups is 1. The normalized spacial score (nSPS) is 25.5. The molecule has 0 radical (unpaired) electrons. The number of nitrogens with zero attached hydrogens (tertiary/aromatic N) is 1. The number of hydrogen-bond donors (Lipinski definition) is 2. The molecule has 4 nitrogen and oxygen atoms in total. The molecule has 2 aromatic carbocycles. The summed E-state index contributed by atoms with van der Waals surface area (Å²) in [6.07, 6.45) is 3.58. The fourth-order valence-corrected chi connectivity index (χ4v) is 5.38. The Balaban J connectivity index is 1.92. The highest BCUT2D eigenvalue weighted by atomic mass is 32.2. The number of aliphatic imine (C=N–C) groups is 1. The van der Waals surface area contributed by atoms with Gasteiger partial charge in [0.05, 0.1) is 0 Å². The van der Waals surface area contributed by atoms with Gasteiger partial charge in [-0.25, -0.2) is 4.99 Å². The van der Waals surface area contributed by atoms with Crippen molar-refractivity contribution in [3.05, 3.63) is 58.7 Å². The van der Waals surface area contributed by atoms with E-state index in [2.05, 4.69) is 50.4 Å². The molecule has 0 bridgehead atoms. The maximum Gasteiger partial charge on any atom is 0.206 e. The van der Waals surface area contributed by atoms with Gasteiger partial charge >= 0.3 is 0 Å². The molecule has 4 rings (SSSR count). The van der Waals surface area contributed by atoms with Crippen LogP contribution in [0.4, 0.5) is 0 Å². The number of benzene rings is 2. The zero-order chi connectivity index (χ0) is 20.1. The van der Waals surface area contributed by atoms with E-state index in [4.69, 9.17) is 9.73 Å². The first-order chi connectivity index (χ1) is 13.2. The number of amidine groups is 1. The van der Waals surface area contributed by atoms with E-state index in [-0.39, 0.29) is 17.2 Å². The van der Waals surface area contributed by atoms with Gasteiger partial charge in [0.15, 0.2) is 5.17 Å². The number of hydrogen-bond acceptors (Lipinski definition) is 5. The van der Waals surface area contributed by atoms with Crippen molar-refractivity contribution in [2.45, 2.75) is 57.7 Å². The van der Waals surface area contributed by atoms with Crippen LogP contribution in [0.15, 0.2) is 41.4 Å². The summed E-state index contributed by atoms with van der Waals surface area (Å²) in [6, 6.07) is 12.1. The van der Waals surface area contributed by atoms with Crippen molar-refractivity contribution in [3.8, 4) is 11.5 Å². The SMILES string of the molecule is CSC1=N[C@@]2(C[C@@H](c3ccccc3C)c3c(C)cc(O)cc3O2)CC(C)(C)N1. The number of nitrogens with one attached hydrogen (secondary N) is 1. The van der Waals surface area contributed by atoms with Crippen molar-refractivity contribution in [3.63, 3.8) is 0 Å². The fraction of sp³-hybridized carbons (Fsp3) is 0.435. The van der Waals surface area contributed by atoms with Crippen LogP contribution in [-0.4, -0.2) is 27.8 Å². The van der Waals surface area contributed by atoms with Gasteiger partial charge in [0.2, 0.25) is 5.72 Å². The Morgan fingerprint density at radius 3 is 2.64 bits per heavy atom. The second-order valence-electron chi connectivity index (χ2n) is 8.64. The number of ether oxygens (including phenoxy) is 1. The lowest BCUT2D eigenvalue weighted by Gasteiger charge is -2.47. The topological polar surface area (TPSA) is 53.9 Å². The summed E-state index contributed by atoms with van der Waals surface area (Å²) in [5.41, 5.74) is 4.02. The van der Waals surface area contributed by atoms with Crippen LogP contribution in [0.2, 0.25) is 0 Å². The maximum atomic E-state index is 10.2. The quantitative estimate of drug-likeness (QED) is 0.703. The molecule has 5 heteroatoms. The molecular formula is C23H28N2O2S. The summed E-state index contributed by atoms with van der Waals surface area (Å²) in [7, 11) is 0. The molecule has 2 aromatic rings. The standard InChI is InChI=1S/C23H28N2O2S/c1-14-8-6-7-9-17(14)18-12-23(13-22(3,4)24-21(25-23)28-5)27-19-11-16(26)10-15(2)20(18)19/h6-11,18,26H,12-13H2,1-5H3,(H,24,25)/t18-,23+/m0/s1. The first-order valence-electron chi connectivity index (χ1n) is 9.72. The minimum absolute atomic E-state index is 0.125. The highest BCUT2D eigenvalue weighted by molar-refractivity contribution is 8.13. The Kier molecular flexibility index (Phi) is 4.61. The molecule has 0 unspecified atom stereocenters. The third-order valence-electron chi connectivity index (χ3n) is 5.73. The zero-order valence-electron chi connectivity index (χ0n) is 17.2. The maximum absolute atomic E-state index is 10.2. The van der Waals surface area contributed by atoms with Crippen LogP contribution in [0.1, 0.15) is 54.9 Å².